The van der Waals surface area contributed by atoms with E-state index in [1.165, 1.54) is 31.4 Å². The van der Waals surface area contributed by atoms with Crippen LogP contribution >= 0.6 is 23.2 Å². The lowest BCUT2D eigenvalue weighted by Crippen LogP contribution is -1.93. The molecule has 1 N–H and O–H groups in total. The molecule has 0 unspecified atom stereocenters. The summed E-state index contributed by atoms with van der Waals surface area (Å²) >= 11 is 11.4. The van der Waals surface area contributed by atoms with E-state index in [2.05, 4.69) is 4.74 Å². The van der Waals surface area contributed by atoms with Crippen LogP contribution < -0.4 is 0 Å². The van der Waals surface area contributed by atoms with Gasteiger partial charge in [0.15, 0.2) is 5.75 Å². The number of benzene rings is 1. The summed E-state index contributed by atoms with van der Waals surface area (Å²) in [6.07, 6.45) is 2.72. The van der Waals surface area contributed by atoms with E-state index >= 15 is 0 Å². The van der Waals surface area contributed by atoms with Gasteiger partial charge >= 0.3 is 5.97 Å². The Bertz CT molecular complexity index is 390. The van der Waals surface area contributed by atoms with Gasteiger partial charge in [-0.25, -0.2) is 4.79 Å². The van der Waals surface area contributed by atoms with Crippen molar-refractivity contribution in [1.29, 1.82) is 0 Å². The lowest BCUT2D eigenvalue weighted by Gasteiger charge is -2.01. The second-order valence-electron chi connectivity index (χ2n) is 2.69. The molecule has 0 aliphatic heterocycles. The fourth-order valence-corrected chi connectivity index (χ4v) is 1.42. The summed E-state index contributed by atoms with van der Waals surface area (Å²) in [5.41, 5.74) is 0.605. The molecule has 80 valence electrons. The molecule has 1 aromatic rings. The molecule has 0 aliphatic carbocycles. The number of halogens is 2. The summed E-state index contributed by atoms with van der Waals surface area (Å²) < 4.78 is 4.42. The summed E-state index contributed by atoms with van der Waals surface area (Å²) in [6.45, 7) is 0. The summed E-state index contributed by atoms with van der Waals surface area (Å²) in [4.78, 5) is 10.8. The van der Waals surface area contributed by atoms with E-state index in [0.29, 0.717) is 5.56 Å². The van der Waals surface area contributed by atoms with Crippen molar-refractivity contribution < 1.29 is 14.6 Å². The van der Waals surface area contributed by atoms with Crippen LogP contribution in [0.15, 0.2) is 18.2 Å². The number of phenols is 1. The van der Waals surface area contributed by atoms with Crippen LogP contribution in [0.5, 0.6) is 5.75 Å². The van der Waals surface area contributed by atoms with Gasteiger partial charge in [-0.3, -0.25) is 0 Å². The molecule has 0 aromatic heterocycles. The van der Waals surface area contributed by atoms with Crippen molar-refractivity contribution in [3.05, 3.63) is 33.8 Å². The minimum absolute atomic E-state index is 0.131. The lowest BCUT2D eigenvalue weighted by atomic mass is 10.2. The first-order chi connectivity index (χ1) is 7.04. The molecule has 0 fully saturated rings. The minimum Gasteiger partial charge on any atom is -0.505 e. The molecule has 3 nitrogen and oxygen atoms in total. The van der Waals surface area contributed by atoms with Gasteiger partial charge in [-0.15, -0.1) is 0 Å². The Morgan fingerprint density at radius 1 is 1.40 bits per heavy atom. The van der Waals surface area contributed by atoms with E-state index in [4.69, 9.17) is 23.2 Å². The van der Waals surface area contributed by atoms with Gasteiger partial charge < -0.3 is 9.84 Å². The second-order valence-corrected chi connectivity index (χ2v) is 3.50. The Morgan fingerprint density at radius 2 is 1.93 bits per heavy atom. The molecule has 0 spiro atoms. The fraction of sp³-hybridized carbons (Fsp3) is 0.100. The molecule has 0 bridgehead atoms. The van der Waals surface area contributed by atoms with Gasteiger partial charge in [0.1, 0.15) is 0 Å². The number of phenolic OH excluding ortho intramolecular Hbond substituents is 1. The summed E-state index contributed by atoms with van der Waals surface area (Å²) in [5.74, 6) is -0.649. The molecule has 0 aliphatic rings. The molecule has 0 amide bonds. The van der Waals surface area contributed by atoms with Gasteiger partial charge in [0, 0.05) is 6.08 Å². The normalized spacial score (nSPS) is 10.6. The molecule has 1 rings (SSSR count). The SMILES string of the molecule is COC(=O)C=Cc1cc(Cl)c(O)c(Cl)c1. The highest BCUT2D eigenvalue weighted by Crippen LogP contribution is 2.32. The first-order valence-corrected chi connectivity index (χ1v) is 4.74. The van der Waals surface area contributed by atoms with Gasteiger partial charge in [-0.1, -0.05) is 23.2 Å². The predicted molar refractivity (Wildman–Crippen MR) is 59.2 cm³/mol. The summed E-state index contributed by atoms with van der Waals surface area (Å²) in [7, 11) is 1.28. The number of hydrogen-bond donors (Lipinski definition) is 1. The number of carbonyl (C=O) groups excluding carboxylic acids is 1. The molecule has 0 radical (unpaired) electrons. The van der Waals surface area contributed by atoms with Crippen molar-refractivity contribution in [3.63, 3.8) is 0 Å². The van der Waals surface area contributed by atoms with Gasteiger partial charge in [0.25, 0.3) is 0 Å². The number of esters is 1. The summed E-state index contributed by atoms with van der Waals surface area (Å²) in [6, 6.07) is 2.98. The largest absolute Gasteiger partial charge is 0.505 e. The van der Waals surface area contributed by atoms with E-state index in [1.54, 1.807) is 0 Å². The monoisotopic (exact) mass is 246 g/mol. The van der Waals surface area contributed by atoms with Crippen molar-refractivity contribution in [3.8, 4) is 5.75 Å². The highest BCUT2D eigenvalue weighted by molar-refractivity contribution is 6.37. The minimum atomic E-state index is -0.477. The van der Waals surface area contributed by atoms with Gasteiger partial charge in [0.2, 0.25) is 0 Å². The number of methoxy groups -OCH3 is 1. The number of hydrogen-bond acceptors (Lipinski definition) is 3. The maximum absolute atomic E-state index is 10.8. The zero-order valence-corrected chi connectivity index (χ0v) is 9.34. The van der Waals surface area contributed by atoms with Gasteiger partial charge in [-0.05, 0) is 23.8 Å². The molecule has 0 atom stereocenters. The van der Waals surface area contributed by atoms with E-state index in [-0.39, 0.29) is 15.8 Å². The topological polar surface area (TPSA) is 46.5 Å². The maximum atomic E-state index is 10.8. The zero-order chi connectivity index (χ0) is 11.4. The van der Waals surface area contributed by atoms with E-state index in [1.807, 2.05) is 0 Å². The van der Waals surface area contributed by atoms with Crippen LogP contribution in [-0.4, -0.2) is 18.2 Å². The molecule has 5 heteroatoms. The maximum Gasteiger partial charge on any atom is 0.330 e. The molecule has 15 heavy (non-hydrogen) atoms. The van der Waals surface area contributed by atoms with Crippen molar-refractivity contribution in [1.82, 2.24) is 0 Å². The van der Waals surface area contributed by atoms with Gasteiger partial charge in [-0.2, -0.15) is 0 Å². The van der Waals surface area contributed by atoms with Crippen molar-refractivity contribution >= 4 is 35.2 Å². The Labute approximate surface area is 96.9 Å². The first-order valence-electron chi connectivity index (χ1n) is 3.98. The van der Waals surface area contributed by atoms with Crippen LogP contribution in [0.2, 0.25) is 10.0 Å². The van der Waals surface area contributed by atoms with Crippen molar-refractivity contribution in [2.45, 2.75) is 0 Å². The van der Waals surface area contributed by atoms with Crippen LogP contribution in [0, 0.1) is 0 Å². The Morgan fingerprint density at radius 3 is 2.40 bits per heavy atom. The van der Waals surface area contributed by atoms with E-state index < -0.39 is 5.97 Å². The second kappa shape index (κ2) is 5.05. The standard InChI is InChI=1S/C10H8Cl2O3/c1-15-9(13)3-2-6-4-7(11)10(14)8(12)5-6/h2-5,14H,1H3. The number of rotatable bonds is 2. The van der Waals surface area contributed by atoms with Gasteiger partial charge in [0.05, 0.1) is 17.2 Å². The van der Waals surface area contributed by atoms with Crippen LogP contribution in [-0.2, 0) is 9.53 Å². The average Bonchev–Trinajstić information content (AvgIpc) is 2.22. The van der Waals surface area contributed by atoms with Crippen molar-refractivity contribution in [2.75, 3.05) is 7.11 Å². The molecule has 0 saturated heterocycles. The molecular formula is C10H8Cl2O3. The van der Waals surface area contributed by atoms with Crippen LogP contribution in [0.1, 0.15) is 5.56 Å². The number of ether oxygens (including phenoxy) is 1. The Balaban J connectivity index is 2.97. The van der Waals surface area contributed by atoms with Crippen molar-refractivity contribution in [2.24, 2.45) is 0 Å². The highest BCUT2D eigenvalue weighted by atomic mass is 35.5. The van der Waals surface area contributed by atoms with Crippen LogP contribution in [0.4, 0.5) is 0 Å². The van der Waals surface area contributed by atoms with E-state index in [0.717, 1.165) is 0 Å². The Hall–Kier alpha value is -1.19. The zero-order valence-electron chi connectivity index (χ0n) is 7.83. The third kappa shape index (κ3) is 3.15. The third-order valence-electron chi connectivity index (χ3n) is 1.65. The average molecular weight is 247 g/mol. The molecule has 0 saturated carbocycles. The number of aromatic hydroxyl groups is 1. The smallest absolute Gasteiger partial charge is 0.330 e. The van der Waals surface area contributed by atoms with E-state index in [9.17, 15) is 9.90 Å². The molecule has 0 heterocycles. The lowest BCUT2D eigenvalue weighted by molar-refractivity contribution is -0.134. The fourth-order valence-electron chi connectivity index (χ4n) is 0.914. The van der Waals surface area contributed by atoms with Crippen LogP contribution in [0.25, 0.3) is 6.08 Å². The highest BCUT2D eigenvalue weighted by Gasteiger charge is 2.05. The first kappa shape index (κ1) is 11.9. The number of carbonyl (C=O) groups is 1. The summed E-state index contributed by atoms with van der Waals surface area (Å²) in [5, 5.41) is 9.54. The quantitative estimate of drug-likeness (QED) is 0.645. The Kier molecular flexibility index (Phi) is 4.00. The third-order valence-corrected chi connectivity index (χ3v) is 2.23. The predicted octanol–water partition coefficient (Wildman–Crippen LogP) is 2.89. The van der Waals surface area contributed by atoms with Crippen LogP contribution in [0.3, 0.4) is 0 Å². The molecular weight excluding hydrogens is 239 g/mol. The molecule has 1 aromatic carbocycles.